The third kappa shape index (κ3) is 2.37. The van der Waals surface area contributed by atoms with Gasteiger partial charge in [-0.3, -0.25) is 4.68 Å². The van der Waals surface area contributed by atoms with E-state index in [9.17, 15) is 5.11 Å². The second kappa shape index (κ2) is 3.30. The van der Waals surface area contributed by atoms with Gasteiger partial charge in [0.2, 0.25) is 0 Å². The molecule has 2 aliphatic rings. The van der Waals surface area contributed by atoms with Gasteiger partial charge in [-0.05, 0) is 44.4 Å². The van der Waals surface area contributed by atoms with Crippen molar-refractivity contribution in [2.24, 2.45) is 5.92 Å². The number of aliphatic hydroxyl groups is 1. The van der Waals surface area contributed by atoms with E-state index in [0.29, 0.717) is 0 Å². The predicted molar refractivity (Wildman–Crippen MR) is 55.3 cm³/mol. The lowest BCUT2D eigenvalue weighted by Crippen LogP contribution is -2.07. The molecule has 2 aliphatic carbocycles. The van der Waals surface area contributed by atoms with Crippen molar-refractivity contribution in [3.63, 3.8) is 0 Å². The molecule has 0 spiro atoms. The molecule has 4 heteroatoms. The zero-order valence-corrected chi connectivity index (χ0v) is 8.89. The highest BCUT2D eigenvalue weighted by Gasteiger charge is 2.39. The first-order chi connectivity index (χ1) is 7.23. The van der Waals surface area contributed by atoms with Crippen LogP contribution >= 0.6 is 0 Å². The molecule has 2 saturated carbocycles. The van der Waals surface area contributed by atoms with Crippen molar-refractivity contribution in [2.45, 2.75) is 50.7 Å². The van der Waals surface area contributed by atoms with E-state index in [-0.39, 0.29) is 5.60 Å². The molecular weight excluding hydrogens is 190 g/mol. The first-order valence-electron chi connectivity index (χ1n) is 5.85. The van der Waals surface area contributed by atoms with Gasteiger partial charge in [0.15, 0.2) is 0 Å². The number of hydrogen-bond donors (Lipinski definition) is 1. The minimum Gasteiger partial charge on any atom is -0.390 e. The highest BCUT2D eigenvalue weighted by atomic mass is 16.3. The Bertz CT molecular complexity index is 352. The lowest BCUT2D eigenvalue weighted by Gasteiger charge is -2.03. The maximum Gasteiger partial charge on any atom is 0.0828 e. The number of hydrogen-bond acceptors (Lipinski definition) is 3. The molecule has 0 bridgehead atoms. The van der Waals surface area contributed by atoms with Crippen LogP contribution in [0.25, 0.3) is 0 Å². The van der Waals surface area contributed by atoms with Crippen LogP contribution < -0.4 is 0 Å². The van der Waals surface area contributed by atoms with E-state index in [2.05, 4.69) is 10.3 Å². The summed E-state index contributed by atoms with van der Waals surface area (Å²) in [5.41, 5.74) is 0.663. The Morgan fingerprint density at radius 3 is 2.93 bits per heavy atom. The Hall–Kier alpha value is -0.900. The van der Waals surface area contributed by atoms with Gasteiger partial charge in [-0.25, -0.2) is 0 Å². The van der Waals surface area contributed by atoms with Crippen molar-refractivity contribution in [1.29, 1.82) is 0 Å². The van der Waals surface area contributed by atoms with Gasteiger partial charge < -0.3 is 5.11 Å². The number of nitrogens with zero attached hydrogens (tertiary/aromatic N) is 3. The van der Waals surface area contributed by atoms with Gasteiger partial charge in [-0.2, -0.15) is 0 Å². The minimum absolute atomic E-state index is 0.361. The maximum absolute atomic E-state index is 9.70. The van der Waals surface area contributed by atoms with Gasteiger partial charge in [0, 0.05) is 12.7 Å². The van der Waals surface area contributed by atoms with Gasteiger partial charge in [-0.15, -0.1) is 5.10 Å². The summed E-state index contributed by atoms with van der Waals surface area (Å²) in [7, 11) is 0. The second-order valence-corrected chi connectivity index (χ2v) is 5.10. The van der Waals surface area contributed by atoms with Crippen LogP contribution in [0.5, 0.6) is 0 Å². The molecule has 3 rings (SSSR count). The molecular formula is C11H17N3O. The quantitative estimate of drug-likeness (QED) is 0.788. The lowest BCUT2D eigenvalue weighted by atomic mass is 10.1. The molecule has 0 unspecified atom stereocenters. The summed E-state index contributed by atoms with van der Waals surface area (Å²) in [6, 6.07) is 0. The molecule has 1 N–H and O–H groups in total. The molecule has 0 aliphatic heterocycles. The zero-order valence-electron chi connectivity index (χ0n) is 8.89. The van der Waals surface area contributed by atoms with Crippen molar-refractivity contribution < 1.29 is 5.11 Å². The second-order valence-electron chi connectivity index (χ2n) is 5.10. The van der Waals surface area contributed by atoms with Gasteiger partial charge in [-0.1, -0.05) is 5.21 Å². The van der Waals surface area contributed by atoms with E-state index in [1.165, 1.54) is 12.8 Å². The summed E-state index contributed by atoms with van der Waals surface area (Å²) in [6.45, 7) is 1.03. The maximum atomic E-state index is 9.70. The van der Waals surface area contributed by atoms with Crippen LogP contribution in [-0.2, 0) is 13.0 Å². The first-order valence-corrected chi connectivity index (χ1v) is 5.85. The fourth-order valence-corrected chi connectivity index (χ4v) is 1.86. The van der Waals surface area contributed by atoms with Gasteiger partial charge in [0.05, 0.1) is 11.3 Å². The highest BCUT2D eigenvalue weighted by Crippen LogP contribution is 2.39. The number of aryl methyl sites for hydroxylation is 1. The van der Waals surface area contributed by atoms with Crippen LogP contribution in [-0.4, -0.2) is 25.7 Å². The average molecular weight is 207 g/mol. The molecule has 82 valence electrons. The largest absolute Gasteiger partial charge is 0.390 e. The molecule has 4 nitrogen and oxygen atoms in total. The van der Waals surface area contributed by atoms with E-state index in [0.717, 1.165) is 43.8 Å². The van der Waals surface area contributed by atoms with Gasteiger partial charge >= 0.3 is 0 Å². The summed E-state index contributed by atoms with van der Waals surface area (Å²) in [5.74, 6) is 0.840. The lowest BCUT2D eigenvalue weighted by molar-refractivity contribution is 0.140. The number of aromatic nitrogens is 3. The monoisotopic (exact) mass is 207 g/mol. The summed E-state index contributed by atoms with van der Waals surface area (Å²) < 4.78 is 1.95. The summed E-state index contributed by atoms with van der Waals surface area (Å²) in [6.07, 6.45) is 8.34. The standard InChI is InChI=1S/C11H17N3O/c15-11(5-6-11)4-3-10-8-14(13-12-10)7-9-1-2-9/h8-9,15H,1-7H2. The zero-order chi connectivity index (χ0) is 10.3. The van der Waals surface area contributed by atoms with Crippen molar-refractivity contribution in [3.05, 3.63) is 11.9 Å². The first kappa shape index (κ1) is 9.33. The molecule has 0 saturated heterocycles. The summed E-state index contributed by atoms with van der Waals surface area (Å²) in [5, 5.41) is 17.9. The fraction of sp³-hybridized carbons (Fsp3) is 0.818. The average Bonchev–Trinajstić information content (AvgIpc) is 3.09. The van der Waals surface area contributed by atoms with Crippen molar-refractivity contribution in [3.8, 4) is 0 Å². The van der Waals surface area contributed by atoms with Crippen molar-refractivity contribution in [2.75, 3.05) is 0 Å². The Morgan fingerprint density at radius 2 is 2.27 bits per heavy atom. The van der Waals surface area contributed by atoms with Gasteiger partial charge in [0.25, 0.3) is 0 Å². The van der Waals surface area contributed by atoms with Crippen LogP contribution in [0.1, 0.15) is 37.8 Å². The van der Waals surface area contributed by atoms with Crippen LogP contribution in [0.4, 0.5) is 0 Å². The molecule has 0 aromatic carbocycles. The smallest absolute Gasteiger partial charge is 0.0828 e. The molecule has 1 aromatic rings. The van der Waals surface area contributed by atoms with Crippen LogP contribution in [0.3, 0.4) is 0 Å². The Kier molecular flexibility index (Phi) is 2.06. The van der Waals surface area contributed by atoms with E-state index >= 15 is 0 Å². The third-order valence-electron chi connectivity index (χ3n) is 3.40. The van der Waals surface area contributed by atoms with E-state index < -0.39 is 0 Å². The Morgan fingerprint density at radius 1 is 1.47 bits per heavy atom. The molecule has 1 aromatic heterocycles. The Labute approximate surface area is 89.3 Å². The molecule has 2 fully saturated rings. The van der Waals surface area contributed by atoms with E-state index in [1.54, 1.807) is 0 Å². The van der Waals surface area contributed by atoms with Gasteiger partial charge in [0.1, 0.15) is 0 Å². The van der Waals surface area contributed by atoms with Crippen LogP contribution in [0.2, 0.25) is 0 Å². The normalized spacial score (nSPS) is 23.0. The fourth-order valence-electron chi connectivity index (χ4n) is 1.86. The number of rotatable bonds is 5. The molecule has 15 heavy (non-hydrogen) atoms. The molecule has 0 atom stereocenters. The van der Waals surface area contributed by atoms with Crippen molar-refractivity contribution >= 4 is 0 Å². The Balaban J connectivity index is 1.53. The molecule has 0 radical (unpaired) electrons. The summed E-state index contributed by atoms with van der Waals surface area (Å²) in [4.78, 5) is 0. The van der Waals surface area contributed by atoms with Crippen LogP contribution in [0, 0.1) is 5.92 Å². The van der Waals surface area contributed by atoms with E-state index in [4.69, 9.17) is 0 Å². The highest BCUT2D eigenvalue weighted by molar-refractivity contribution is 5.00. The van der Waals surface area contributed by atoms with Crippen LogP contribution in [0.15, 0.2) is 6.20 Å². The van der Waals surface area contributed by atoms with E-state index in [1.807, 2.05) is 10.9 Å². The third-order valence-corrected chi connectivity index (χ3v) is 3.40. The molecule has 0 amide bonds. The minimum atomic E-state index is -0.361. The predicted octanol–water partition coefficient (Wildman–Crippen LogP) is 1.15. The topological polar surface area (TPSA) is 50.9 Å². The SMILES string of the molecule is OC1(CCc2cn(CC3CC3)nn2)CC1. The molecule has 1 heterocycles. The van der Waals surface area contributed by atoms with Crippen molar-refractivity contribution in [1.82, 2.24) is 15.0 Å². The summed E-state index contributed by atoms with van der Waals surface area (Å²) >= 11 is 0.